The van der Waals surface area contributed by atoms with Crippen LogP contribution in [0, 0.1) is 5.41 Å². The minimum Gasteiger partial charge on any atom is -0.460 e. The number of hydrogen-bond donors (Lipinski definition) is 0. The standard InChI is InChI=1S/C17H22O4/c1-4-17(14(3)19,11-10-13(2)18)16(20)21-12-15-8-6-5-7-9-15/h5-9H,4,10-12H2,1-3H3/t17-/m1/s1. The summed E-state index contributed by atoms with van der Waals surface area (Å²) in [6, 6.07) is 9.30. The number of ketones is 2. The van der Waals surface area contributed by atoms with Gasteiger partial charge in [0.25, 0.3) is 0 Å². The predicted molar refractivity (Wildman–Crippen MR) is 79.6 cm³/mol. The Morgan fingerprint density at radius 2 is 1.71 bits per heavy atom. The Bertz CT molecular complexity index is 507. The van der Waals surface area contributed by atoms with E-state index in [2.05, 4.69) is 0 Å². The summed E-state index contributed by atoms with van der Waals surface area (Å²) in [5.41, 5.74) is -0.341. The number of hydrogen-bond acceptors (Lipinski definition) is 4. The molecule has 0 N–H and O–H groups in total. The van der Waals surface area contributed by atoms with Gasteiger partial charge < -0.3 is 9.53 Å². The van der Waals surface area contributed by atoms with Crippen molar-refractivity contribution in [2.45, 2.75) is 46.6 Å². The zero-order valence-corrected chi connectivity index (χ0v) is 12.8. The van der Waals surface area contributed by atoms with E-state index in [0.29, 0.717) is 6.42 Å². The third-order valence-corrected chi connectivity index (χ3v) is 3.78. The number of carbonyl (C=O) groups excluding carboxylic acids is 3. The monoisotopic (exact) mass is 290 g/mol. The summed E-state index contributed by atoms with van der Waals surface area (Å²) in [4.78, 5) is 35.5. The number of Topliss-reactive ketones (excluding diaryl/α,β-unsaturated/α-hetero) is 2. The number of benzene rings is 1. The molecular weight excluding hydrogens is 268 g/mol. The van der Waals surface area contributed by atoms with Gasteiger partial charge in [-0.2, -0.15) is 0 Å². The number of rotatable bonds is 8. The molecule has 0 radical (unpaired) electrons. The Labute approximate surface area is 125 Å². The molecule has 1 aromatic rings. The van der Waals surface area contributed by atoms with Crippen molar-refractivity contribution in [2.75, 3.05) is 0 Å². The molecule has 4 heteroatoms. The fraction of sp³-hybridized carbons (Fsp3) is 0.471. The molecule has 0 bridgehead atoms. The molecule has 1 atom stereocenters. The molecule has 0 aliphatic heterocycles. The van der Waals surface area contributed by atoms with Crippen LogP contribution in [0.5, 0.6) is 0 Å². The summed E-state index contributed by atoms with van der Waals surface area (Å²) in [6.07, 6.45) is 0.749. The number of carbonyl (C=O) groups is 3. The van der Waals surface area contributed by atoms with E-state index in [1.54, 1.807) is 6.92 Å². The Balaban J connectivity index is 2.80. The lowest BCUT2D eigenvalue weighted by Crippen LogP contribution is -2.39. The van der Waals surface area contributed by atoms with Crippen LogP contribution in [0.2, 0.25) is 0 Å². The van der Waals surface area contributed by atoms with Crippen LogP contribution in [0.25, 0.3) is 0 Å². The average Bonchev–Trinajstić information content (AvgIpc) is 2.46. The van der Waals surface area contributed by atoms with Gasteiger partial charge in [-0.05, 0) is 32.3 Å². The molecule has 0 aliphatic rings. The first-order chi connectivity index (χ1) is 9.92. The highest BCUT2D eigenvalue weighted by molar-refractivity contribution is 6.03. The summed E-state index contributed by atoms with van der Waals surface area (Å²) in [6.45, 7) is 4.74. The largest absolute Gasteiger partial charge is 0.460 e. The van der Waals surface area contributed by atoms with Crippen molar-refractivity contribution in [3.8, 4) is 0 Å². The topological polar surface area (TPSA) is 60.4 Å². The Morgan fingerprint density at radius 1 is 1.10 bits per heavy atom. The third kappa shape index (κ3) is 4.52. The molecule has 0 saturated carbocycles. The average molecular weight is 290 g/mol. The van der Waals surface area contributed by atoms with Crippen LogP contribution in [0.15, 0.2) is 30.3 Å². The van der Waals surface area contributed by atoms with E-state index in [1.807, 2.05) is 30.3 Å². The van der Waals surface area contributed by atoms with Crippen LogP contribution in [-0.4, -0.2) is 17.5 Å². The SMILES string of the molecule is CC[C@@](CCC(C)=O)(C(C)=O)C(=O)OCc1ccccc1. The van der Waals surface area contributed by atoms with E-state index < -0.39 is 11.4 Å². The van der Waals surface area contributed by atoms with Gasteiger partial charge in [-0.1, -0.05) is 37.3 Å². The summed E-state index contributed by atoms with van der Waals surface area (Å²) in [7, 11) is 0. The zero-order valence-electron chi connectivity index (χ0n) is 12.8. The number of esters is 1. The van der Waals surface area contributed by atoms with Crippen molar-refractivity contribution < 1.29 is 19.1 Å². The maximum atomic E-state index is 12.4. The van der Waals surface area contributed by atoms with Crippen LogP contribution in [0.3, 0.4) is 0 Å². The smallest absolute Gasteiger partial charge is 0.319 e. The first kappa shape index (κ1) is 17.1. The summed E-state index contributed by atoms with van der Waals surface area (Å²) < 4.78 is 5.31. The Kier molecular flexibility index (Phi) is 6.28. The number of ether oxygens (including phenoxy) is 1. The van der Waals surface area contributed by atoms with E-state index in [9.17, 15) is 14.4 Å². The Morgan fingerprint density at radius 3 is 2.19 bits per heavy atom. The lowest BCUT2D eigenvalue weighted by Gasteiger charge is -2.27. The molecule has 1 aromatic carbocycles. The lowest BCUT2D eigenvalue weighted by molar-refractivity contribution is -0.162. The third-order valence-electron chi connectivity index (χ3n) is 3.78. The minimum atomic E-state index is -1.21. The van der Waals surface area contributed by atoms with Crippen LogP contribution in [0.4, 0.5) is 0 Å². The highest BCUT2D eigenvalue weighted by Gasteiger charge is 2.42. The van der Waals surface area contributed by atoms with Gasteiger partial charge in [-0.3, -0.25) is 9.59 Å². The van der Waals surface area contributed by atoms with Crippen molar-refractivity contribution >= 4 is 17.5 Å². The highest BCUT2D eigenvalue weighted by Crippen LogP contribution is 2.31. The van der Waals surface area contributed by atoms with E-state index in [0.717, 1.165) is 5.56 Å². The fourth-order valence-electron chi connectivity index (χ4n) is 2.24. The zero-order chi connectivity index (χ0) is 15.9. The van der Waals surface area contributed by atoms with Gasteiger partial charge in [0.15, 0.2) is 0 Å². The van der Waals surface area contributed by atoms with Crippen molar-refractivity contribution in [3.05, 3.63) is 35.9 Å². The molecule has 1 rings (SSSR count). The molecule has 0 aromatic heterocycles. The molecule has 0 amide bonds. The lowest BCUT2D eigenvalue weighted by atomic mass is 9.77. The van der Waals surface area contributed by atoms with Gasteiger partial charge in [0.2, 0.25) is 0 Å². The second kappa shape index (κ2) is 7.72. The molecule has 0 aliphatic carbocycles. The van der Waals surface area contributed by atoms with Crippen LogP contribution < -0.4 is 0 Å². The van der Waals surface area contributed by atoms with Crippen LogP contribution >= 0.6 is 0 Å². The molecule has 0 saturated heterocycles. The molecule has 21 heavy (non-hydrogen) atoms. The van der Waals surface area contributed by atoms with Gasteiger partial charge in [0.05, 0.1) is 0 Å². The summed E-state index contributed by atoms with van der Waals surface area (Å²) in [5.74, 6) is -0.822. The van der Waals surface area contributed by atoms with E-state index >= 15 is 0 Å². The maximum absolute atomic E-state index is 12.4. The van der Waals surface area contributed by atoms with E-state index in [4.69, 9.17) is 4.74 Å². The van der Waals surface area contributed by atoms with Crippen LogP contribution in [0.1, 0.15) is 45.6 Å². The molecular formula is C17H22O4. The van der Waals surface area contributed by atoms with Crippen molar-refractivity contribution in [1.29, 1.82) is 0 Å². The molecule has 0 spiro atoms. The summed E-state index contributed by atoms with van der Waals surface area (Å²) >= 11 is 0. The second-order valence-corrected chi connectivity index (χ2v) is 5.26. The van der Waals surface area contributed by atoms with Crippen molar-refractivity contribution in [1.82, 2.24) is 0 Å². The van der Waals surface area contributed by atoms with Crippen molar-refractivity contribution in [3.63, 3.8) is 0 Å². The van der Waals surface area contributed by atoms with E-state index in [1.165, 1.54) is 13.8 Å². The molecule has 114 valence electrons. The quantitative estimate of drug-likeness (QED) is 0.545. The highest BCUT2D eigenvalue weighted by atomic mass is 16.5. The van der Waals surface area contributed by atoms with Gasteiger partial charge >= 0.3 is 5.97 Å². The second-order valence-electron chi connectivity index (χ2n) is 5.26. The van der Waals surface area contributed by atoms with Gasteiger partial charge in [-0.25, -0.2) is 0 Å². The van der Waals surface area contributed by atoms with Crippen molar-refractivity contribution in [2.24, 2.45) is 5.41 Å². The molecule has 4 nitrogen and oxygen atoms in total. The summed E-state index contributed by atoms with van der Waals surface area (Å²) in [5, 5.41) is 0. The van der Waals surface area contributed by atoms with Crippen LogP contribution in [-0.2, 0) is 25.7 Å². The van der Waals surface area contributed by atoms with Gasteiger partial charge in [-0.15, -0.1) is 0 Å². The Hall–Kier alpha value is -1.97. The first-order valence-corrected chi connectivity index (χ1v) is 7.14. The maximum Gasteiger partial charge on any atom is 0.319 e. The molecule has 0 unspecified atom stereocenters. The van der Waals surface area contributed by atoms with Gasteiger partial charge in [0, 0.05) is 6.42 Å². The molecule has 0 heterocycles. The van der Waals surface area contributed by atoms with E-state index in [-0.39, 0.29) is 31.0 Å². The normalized spacial score (nSPS) is 13.3. The fourth-order valence-corrected chi connectivity index (χ4v) is 2.24. The molecule has 0 fully saturated rings. The predicted octanol–water partition coefficient (Wildman–Crippen LogP) is 3.08. The van der Waals surface area contributed by atoms with Gasteiger partial charge in [0.1, 0.15) is 23.6 Å². The first-order valence-electron chi connectivity index (χ1n) is 7.14. The minimum absolute atomic E-state index is 0.0371.